The van der Waals surface area contributed by atoms with E-state index in [1.807, 2.05) is 0 Å². The number of aliphatic carboxylic acids is 1. The standard InChI is InChI=1S/C16H19NO6/c1-5-22-12-7-10(8-18)6-11-13(12)23-16(3,4)15(21)17(11)9(2)14(19)20/h6-9H,5H2,1-4H3,(H,19,20). The largest absolute Gasteiger partial charge is 0.490 e. The minimum absolute atomic E-state index is 0.220. The lowest BCUT2D eigenvalue weighted by Gasteiger charge is -2.41. The highest BCUT2D eigenvalue weighted by Gasteiger charge is 2.45. The molecule has 7 nitrogen and oxygen atoms in total. The maximum Gasteiger partial charge on any atom is 0.326 e. The van der Waals surface area contributed by atoms with Gasteiger partial charge in [0.25, 0.3) is 5.91 Å². The molecule has 1 aliphatic rings. The molecule has 124 valence electrons. The first-order chi connectivity index (χ1) is 10.7. The highest BCUT2D eigenvalue weighted by atomic mass is 16.5. The van der Waals surface area contributed by atoms with Crippen molar-refractivity contribution in [2.45, 2.75) is 39.3 Å². The summed E-state index contributed by atoms with van der Waals surface area (Å²) in [4.78, 5) is 36.3. The van der Waals surface area contributed by atoms with E-state index >= 15 is 0 Å². The molecule has 0 spiro atoms. The third-order valence-corrected chi connectivity index (χ3v) is 3.59. The van der Waals surface area contributed by atoms with Crippen LogP contribution in [0.1, 0.15) is 38.1 Å². The van der Waals surface area contributed by atoms with Crippen LogP contribution in [0, 0.1) is 0 Å². The van der Waals surface area contributed by atoms with Crippen molar-refractivity contribution in [3.05, 3.63) is 17.7 Å². The second-order valence-corrected chi connectivity index (χ2v) is 5.72. The van der Waals surface area contributed by atoms with Crippen LogP contribution in [0.4, 0.5) is 5.69 Å². The lowest BCUT2D eigenvalue weighted by Crippen LogP contribution is -2.57. The minimum Gasteiger partial charge on any atom is -0.490 e. The number of rotatable bonds is 5. The van der Waals surface area contributed by atoms with Crippen LogP contribution in [0.15, 0.2) is 12.1 Å². The highest BCUT2D eigenvalue weighted by molar-refractivity contribution is 6.07. The van der Waals surface area contributed by atoms with E-state index in [4.69, 9.17) is 9.47 Å². The summed E-state index contributed by atoms with van der Waals surface area (Å²) >= 11 is 0. The van der Waals surface area contributed by atoms with Crippen molar-refractivity contribution < 1.29 is 29.0 Å². The van der Waals surface area contributed by atoms with Gasteiger partial charge >= 0.3 is 5.97 Å². The SMILES string of the molecule is CCOc1cc(C=O)cc2c1OC(C)(C)C(=O)N2C(C)C(=O)O. The van der Waals surface area contributed by atoms with Gasteiger partial charge in [0.2, 0.25) is 0 Å². The second kappa shape index (κ2) is 5.91. The summed E-state index contributed by atoms with van der Waals surface area (Å²) in [5.74, 6) is -1.09. The highest BCUT2D eigenvalue weighted by Crippen LogP contribution is 2.45. The van der Waals surface area contributed by atoms with Crippen LogP contribution in [-0.4, -0.2) is 41.5 Å². The Morgan fingerprint density at radius 2 is 2.13 bits per heavy atom. The maximum absolute atomic E-state index is 12.6. The number of ether oxygens (including phenoxy) is 2. The number of anilines is 1. The average Bonchev–Trinajstić information content (AvgIpc) is 2.48. The number of amides is 1. The van der Waals surface area contributed by atoms with Gasteiger partial charge in [0.05, 0.1) is 12.3 Å². The zero-order valence-corrected chi connectivity index (χ0v) is 13.5. The van der Waals surface area contributed by atoms with Crippen LogP contribution < -0.4 is 14.4 Å². The van der Waals surface area contributed by atoms with E-state index in [0.717, 1.165) is 4.90 Å². The van der Waals surface area contributed by atoms with Crippen LogP contribution in [0.5, 0.6) is 11.5 Å². The van der Waals surface area contributed by atoms with Crippen molar-refractivity contribution in [3.8, 4) is 11.5 Å². The van der Waals surface area contributed by atoms with Gasteiger partial charge in [0.1, 0.15) is 12.3 Å². The molecule has 0 saturated carbocycles. The van der Waals surface area contributed by atoms with E-state index in [1.165, 1.54) is 19.1 Å². The summed E-state index contributed by atoms with van der Waals surface area (Å²) in [6.45, 7) is 6.63. The molecule has 0 saturated heterocycles. The number of fused-ring (bicyclic) bond motifs is 1. The van der Waals surface area contributed by atoms with Crippen LogP contribution in [0.25, 0.3) is 0 Å². The summed E-state index contributed by atoms with van der Waals surface area (Å²) in [6.07, 6.45) is 0.608. The van der Waals surface area contributed by atoms with Crippen LogP contribution in [-0.2, 0) is 9.59 Å². The number of hydrogen-bond acceptors (Lipinski definition) is 5. The smallest absolute Gasteiger partial charge is 0.326 e. The first-order valence-electron chi connectivity index (χ1n) is 7.24. The molecule has 2 rings (SSSR count). The monoisotopic (exact) mass is 321 g/mol. The zero-order valence-electron chi connectivity index (χ0n) is 13.5. The van der Waals surface area contributed by atoms with Crippen molar-refractivity contribution in [2.24, 2.45) is 0 Å². The van der Waals surface area contributed by atoms with Gasteiger partial charge in [-0.25, -0.2) is 4.79 Å². The van der Waals surface area contributed by atoms with Crippen molar-refractivity contribution in [1.82, 2.24) is 0 Å². The van der Waals surface area contributed by atoms with Gasteiger partial charge in [-0.2, -0.15) is 0 Å². The van der Waals surface area contributed by atoms with Crippen LogP contribution in [0.3, 0.4) is 0 Å². The number of aldehydes is 1. The van der Waals surface area contributed by atoms with Crippen molar-refractivity contribution in [1.29, 1.82) is 0 Å². The van der Waals surface area contributed by atoms with E-state index in [9.17, 15) is 19.5 Å². The van der Waals surface area contributed by atoms with Crippen molar-refractivity contribution in [2.75, 3.05) is 11.5 Å². The predicted octanol–water partition coefficient (Wildman–Crippen LogP) is 1.87. The van der Waals surface area contributed by atoms with E-state index in [-0.39, 0.29) is 17.0 Å². The van der Waals surface area contributed by atoms with Gasteiger partial charge in [0.15, 0.2) is 17.1 Å². The molecule has 0 bridgehead atoms. The molecule has 23 heavy (non-hydrogen) atoms. The molecule has 0 fully saturated rings. The van der Waals surface area contributed by atoms with Gasteiger partial charge in [0, 0.05) is 5.56 Å². The number of nitrogens with zero attached hydrogens (tertiary/aromatic N) is 1. The summed E-state index contributed by atoms with van der Waals surface area (Å²) in [5, 5.41) is 9.31. The van der Waals surface area contributed by atoms with Gasteiger partial charge in [-0.3, -0.25) is 14.5 Å². The Balaban J connectivity index is 2.72. The van der Waals surface area contributed by atoms with E-state index in [2.05, 4.69) is 0 Å². The number of carbonyl (C=O) groups is 3. The number of carboxylic acids is 1. The molecule has 1 aliphatic heterocycles. The maximum atomic E-state index is 12.6. The molecule has 0 radical (unpaired) electrons. The van der Waals surface area contributed by atoms with Crippen LogP contribution >= 0.6 is 0 Å². The predicted molar refractivity (Wildman–Crippen MR) is 82.3 cm³/mol. The zero-order chi connectivity index (χ0) is 17.4. The van der Waals surface area contributed by atoms with Crippen molar-refractivity contribution >= 4 is 23.9 Å². The molecule has 1 unspecified atom stereocenters. The third-order valence-electron chi connectivity index (χ3n) is 3.59. The fourth-order valence-corrected chi connectivity index (χ4v) is 2.41. The molecule has 1 atom stereocenters. The Kier molecular flexibility index (Phi) is 4.31. The minimum atomic E-state index is -1.24. The molecule has 1 aromatic carbocycles. The summed E-state index contributed by atoms with van der Waals surface area (Å²) in [5.41, 5.74) is -0.756. The molecule has 7 heteroatoms. The number of hydrogen-bond donors (Lipinski definition) is 1. The molecular formula is C16H19NO6. The van der Waals surface area contributed by atoms with Gasteiger partial charge in [-0.15, -0.1) is 0 Å². The molecule has 1 heterocycles. The molecule has 1 N–H and O–H groups in total. The Labute approximate surface area is 133 Å². The lowest BCUT2D eigenvalue weighted by atomic mass is 10.0. The lowest BCUT2D eigenvalue weighted by molar-refractivity contribution is -0.142. The Bertz CT molecular complexity index is 667. The van der Waals surface area contributed by atoms with Gasteiger partial charge < -0.3 is 14.6 Å². The van der Waals surface area contributed by atoms with E-state index in [1.54, 1.807) is 20.8 Å². The normalized spacial score (nSPS) is 17.0. The summed E-state index contributed by atoms with van der Waals surface area (Å²) in [7, 11) is 0. The Morgan fingerprint density at radius 3 is 2.65 bits per heavy atom. The number of benzene rings is 1. The molecule has 0 aromatic heterocycles. The van der Waals surface area contributed by atoms with Gasteiger partial charge in [-0.05, 0) is 39.8 Å². The Morgan fingerprint density at radius 1 is 1.48 bits per heavy atom. The molecular weight excluding hydrogens is 302 g/mol. The fourth-order valence-electron chi connectivity index (χ4n) is 2.41. The van der Waals surface area contributed by atoms with Gasteiger partial charge in [-0.1, -0.05) is 0 Å². The topological polar surface area (TPSA) is 93.1 Å². The second-order valence-electron chi connectivity index (χ2n) is 5.72. The van der Waals surface area contributed by atoms with E-state index in [0.29, 0.717) is 18.6 Å². The molecule has 1 amide bonds. The third kappa shape index (κ3) is 2.86. The first kappa shape index (κ1) is 16.8. The molecule has 0 aliphatic carbocycles. The fraction of sp³-hybridized carbons (Fsp3) is 0.438. The average molecular weight is 321 g/mol. The molecule has 1 aromatic rings. The van der Waals surface area contributed by atoms with E-state index < -0.39 is 23.5 Å². The Hall–Kier alpha value is -2.57. The summed E-state index contributed by atoms with van der Waals surface area (Å²) in [6, 6.07) is 1.82. The summed E-state index contributed by atoms with van der Waals surface area (Å²) < 4.78 is 11.2. The number of carbonyl (C=O) groups excluding carboxylic acids is 2. The van der Waals surface area contributed by atoms with Crippen molar-refractivity contribution in [3.63, 3.8) is 0 Å². The first-order valence-corrected chi connectivity index (χ1v) is 7.24. The number of carboxylic acid groups (broad SMARTS) is 1. The van der Waals surface area contributed by atoms with Crippen LogP contribution in [0.2, 0.25) is 0 Å². The quantitative estimate of drug-likeness (QED) is 0.832.